The minimum atomic E-state index is -4.15. The minimum absolute atomic E-state index is 0.945. The first-order valence-electron chi connectivity index (χ1n) is 8.06. The van der Waals surface area contributed by atoms with Gasteiger partial charge in [-0.25, -0.2) is 4.57 Å². The molecule has 0 spiro atoms. The maximum Gasteiger partial charge on any atom is 0.469 e. The summed E-state index contributed by atoms with van der Waals surface area (Å²) in [5.41, 5.74) is 2.99. The first kappa shape index (κ1) is 21.3. The quantitative estimate of drug-likeness (QED) is 0.493. The maximum absolute atomic E-state index is 9.47. The Balaban J connectivity index is 0.000000626. The van der Waals surface area contributed by atoms with Crippen molar-refractivity contribution in [2.45, 2.75) is 65.2 Å². The summed E-state index contributed by atoms with van der Waals surface area (Å²) in [5.74, 6) is 0. The van der Waals surface area contributed by atoms with Crippen LogP contribution in [0, 0.1) is 6.92 Å². The zero-order chi connectivity index (χ0) is 16.8. The molecule has 5 heteroatoms. The van der Waals surface area contributed by atoms with Gasteiger partial charge < -0.3 is 9.79 Å². The molecule has 0 aliphatic heterocycles. The third-order valence-electron chi connectivity index (χ3n) is 3.55. The second-order valence-electron chi connectivity index (χ2n) is 5.47. The molecule has 0 aromatic heterocycles. The fourth-order valence-electron chi connectivity index (χ4n) is 2.16. The molecule has 128 valence electrons. The third-order valence-corrected chi connectivity index (χ3v) is 4.02. The summed E-state index contributed by atoms with van der Waals surface area (Å²) in [6.07, 6.45) is 11.1. The molecule has 1 aromatic carbocycles. The Labute approximate surface area is 135 Å². The van der Waals surface area contributed by atoms with E-state index in [4.69, 9.17) is 9.79 Å². The Morgan fingerprint density at radius 1 is 1.00 bits per heavy atom. The van der Waals surface area contributed by atoms with E-state index in [1.165, 1.54) is 62.5 Å². The molecule has 0 aliphatic rings. The van der Waals surface area contributed by atoms with Crippen molar-refractivity contribution in [2.75, 3.05) is 7.11 Å². The number of unbranched alkanes of at least 4 members (excludes halogenated alkanes) is 6. The van der Waals surface area contributed by atoms with E-state index in [0.29, 0.717) is 0 Å². The lowest BCUT2D eigenvalue weighted by molar-refractivity contribution is 0.235. The van der Waals surface area contributed by atoms with Gasteiger partial charge in [-0.2, -0.15) is 0 Å². The molecular formula is C17H31O4P. The molecule has 0 saturated heterocycles. The molecule has 0 saturated carbocycles. The SMILES string of the molecule is CCCCCCCCCc1ccccc1C.COP(=O)(O)O. The first-order chi connectivity index (χ1) is 10.4. The van der Waals surface area contributed by atoms with E-state index in [-0.39, 0.29) is 0 Å². The summed E-state index contributed by atoms with van der Waals surface area (Å²) in [6.45, 7) is 4.49. The topological polar surface area (TPSA) is 66.8 Å². The van der Waals surface area contributed by atoms with Crippen LogP contribution in [0.25, 0.3) is 0 Å². The Bertz CT molecular complexity index is 428. The van der Waals surface area contributed by atoms with Gasteiger partial charge in [0.1, 0.15) is 0 Å². The van der Waals surface area contributed by atoms with Crippen molar-refractivity contribution in [3.63, 3.8) is 0 Å². The van der Waals surface area contributed by atoms with Gasteiger partial charge in [0.15, 0.2) is 0 Å². The van der Waals surface area contributed by atoms with Gasteiger partial charge in [-0.05, 0) is 30.9 Å². The fourth-order valence-corrected chi connectivity index (χ4v) is 2.16. The van der Waals surface area contributed by atoms with Gasteiger partial charge in [0.05, 0.1) is 0 Å². The highest BCUT2D eigenvalue weighted by Crippen LogP contribution is 2.33. The zero-order valence-corrected chi connectivity index (χ0v) is 15.0. The average Bonchev–Trinajstić information content (AvgIpc) is 2.48. The summed E-state index contributed by atoms with van der Waals surface area (Å²) >= 11 is 0. The molecule has 0 unspecified atom stereocenters. The Kier molecular flexibility index (Phi) is 12.4. The minimum Gasteiger partial charge on any atom is -0.303 e. The van der Waals surface area contributed by atoms with Crippen LogP contribution in [0.3, 0.4) is 0 Å². The number of hydrogen-bond acceptors (Lipinski definition) is 2. The second-order valence-corrected chi connectivity index (χ2v) is 6.82. The smallest absolute Gasteiger partial charge is 0.303 e. The fraction of sp³-hybridized carbons (Fsp3) is 0.647. The van der Waals surface area contributed by atoms with E-state index in [1.54, 1.807) is 0 Å². The number of phosphoric ester groups is 1. The highest BCUT2D eigenvalue weighted by atomic mass is 31.2. The van der Waals surface area contributed by atoms with Crippen LogP contribution in [0.4, 0.5) is 0 Å². The Morgan fingerprint density at radius 3 is 2.00 bits per heavy atom. The molecule has 0 atom stereocenters. The van der Waals surface area contributed by atoms with E-state index >= 15 is 0 Å². The number of hydrogen-bond donors (Lipinski definition) is 2. The van der Waals surface area contributed by atoms with E-state index in [9.17, 15) is 4.57 Å². The molecule has 2 N–H and O–H groups in total. The lowest BCUT2D eigenvalue weighted by Gasteiger charge is -2.05. The zero-order valence-electron chi connectivity index (χ0n) is 14.1. The van der Waals surface area contributed by atoms with Gasteiger partial charge in [0.25, 0.3) is 0 Å². The summed E-state index contributed by atoms with van der Waals surface area (Å²) < 4.78 is 13.1. The lowest BCUT2D eigenvalue weighted by atomic mass is 10.0. The molecule has 22 heavy (non-hydrogen) atoms. The van der Waals surface area contributed by atoms with Crippen molar-refractivity contribution in [3.05, 3.63) is 35.4 Å². The van der Waals surface area contributed by atoms with Crippen LogP contribution < -0.4 is 0 Å². The highest BCUT2D eigenvalue weighted by Gasteiger charge is 2.07. The largest absolute Gasteiger partial charge is 0.469 e. The molecule has 0 bridgehead atoms. The second kappa shape index (κ2) is 12.8. The molecule has 1 aromatic rings. The molecule has 0 radical (unpaired) electrons. The molecule has 0 fully saturated rings. The number of benzene rings is 1. The van der Waals surface area contributed by atoms with Gasteiger partial charge in [-0.3, -0.25) is 4.52 Å². The third kappa shape index (κ3) is 13.0. The van der Waals surface area contributed by atoms with Gasteiger partial charge in [0.2, 0.25) is 0 Å². The van der Waals surface area contributed by atoms with Gasteiger partial charge in [-0.1, -0.05) is 69.7 Å². The van der Waals surface area contributed by atoms with Crippen molar-refractivity contribution in [2.24, 2.45) is 0 Å². The predicted octanol–water partition coefficient (Wildman–Crippen LogP) is 5.01. The molecule has 0 heterocycles. The van der Waals surface area contributed by atoms with E-state index in [2.05, 4.69) is 42.6 Å². The monoisotopic (exact) mass is 330 g/mol. The van der Waals surface area contributed by atoms with Crippen LogP contribution in [0.2, 0.25) is 0 Å². The van der Waals surface area contributed by atoms with Crippen molar-refractivity contribution >= 4 is 7.82 Å². The lowest BCUT2D eigenvalue weighted by Crippen LogP contribution is -1.89. The van der Waals surface area contributed by atoms with Crippen LogP contribution >= 0.6 is 7.82 Å². The summed E-state index contributed by atoms with van der Waals surface area (Å²) in [7, 11) is -3.20. The summed E-state index contributed by atoms with van der Waals surface area (Å²) in [4.78, 5) is 15.4. The number of rotatable bonds is 9. The summed E-state index contributed by atoms with van der Waals surface area (Å²) in [6, 6.07) is 8.77. The van der Waals surface area contributed by atoms with Crippen LogP contribution in [0.1, 0.15) is 63.0 Å². The van der Waals surface area contributed by atoms with E-state index in [1.807, 2.05) is 0 Å². The Hall–Kier alpha value is -0.670. The van der Waals surface area contributed by atoms with Crippen molar-refractivity contribution in [1.29, 1.82) is 0 Å². The van der Waals surface area contributed by atoms with Crippen molar-refractivity contribution < 1.29 is 18.9 Å². The molecule has 1 rings (SSSR count). The van der Waals surface area contributed by atoms with Crippen LogP contribution in [-0.4, -0.2) is 16.9 Å². The molecule has 0 amide bonds. The number of phosphoric acid groups is 1. The van der Waals surface area contributed by atoms with Crippen LogP contribution in [0.5, 0.6) is 0 Å². The van der Waals surface area contributed by atoms with Crippen molar-refractivity contribution in [3.8, 4) is 0 Å². The predicted molar refractivity (Wildman–Crippen MR) is 91.9 cm³/mol. The normalized spacial score (nSPS) is 11.0. The molecule has 0 aliphatic carbocycles. The van der Waals surface area contributed by atoms with Gasteiger partial charge in [0, 0.05) is 7.11 Å². The highest BCUT2D eigenvalue weighted by molar-refractivity contribution is 7.46. The molecule has 4 nitrogen and oxygen atoms in total. The van der Waals surface area contributed by atoms with Crippen LogP contribution in [0.15, 0.2) is 24.3 Å². The maximum atomic E-state index is 9.47. The van der Waals surface area contributed by atoms with Crippen LogP contribution in [-0.2, 0) is 15.5 Å². The summed E-state index contributed by atoms with van der Waals surface area (Å²) in [5, 5.41) is 0. The van der Waals surface area contributed by atoms with Gasteiger partial charge >= 0.3 is 7.82 Å². The number of aryl methyl sites for hydroxylation is 2. The van der Waals surface area contributed by atoms with E-state index in [0.717, 1.165) is 7.11 Å². The van der Waals surface area contributed by atoms with Crippen molar-refractivity contribution in [1.82, 2.24) is 0 Å². The average molecular weight is 330 g/mol. The van der Waals surface area contributed by atoms with E-state index < -0.39 is 7.82 Å². The standard InChI is InChI=1S/C16H26.CH5O4P/c1-3-4-5-6-7-8-9-13-16-14-11-10-12-15(16)2;1-5-6(2,3)4/h10-12,14H,3-9,13H2,1-2H3;1H3,(H2,2,3,4). The molecular weight excluding hydrogens is 299 g/mol. The van der Waals surface area contributed by atoms with Gasteiger partial charge in [-0.15, -0.1) is 0 Å². The first-order valence-corrected chi connectivity index (χ1v) is 9.59. The Morgan fingerprint density at radius 2 is 1.50 bits per heavy atom.